The molecule has 0 bridgehead atoms. The molecule has 1 fully saturated rings. The molecule has 0 aliphatic carbocycles. The standard InChI is InChI=1S/C20H22FN3O3/c1-2-19(25)23-11-16-12-24(20(26)27-16)15-7-8-17(18(21)9-15)14-5-3-13(10-22)4-6-14/h3-9,16H,2,10-12,22H2,1H3,(H,23,25). The number of nitrogens with zero attached hydrogens (tertiary/aromatic N) is 1. The minimum atomic E-state index is -0.551. The van der Waals surface area contributed by atoms with Crippen LogP contribution in [0.3, 0.4) is 0 Å². The molecule has 1 atom stereocenters. The lowest BCUT2D eigenvalue weighted by molar-refractivity contribution is -0.121. The molecule has 1 unspecified atom stereocenters. The Morgan fingerprint density at radius 1 is 1.30 bits per heavy atom. The molecule has 1 aliphatic heterocycles. The van der Waals surface area contributed by atoms with E-state index in [4.69, 9.17) is 10.5 Å². The third kappa shape index (κ3) is 4.25. The van der Waals surface area contributed by atoms with Gasteiger partial charge >= 0.3 is 6.09 Å². The number of benzene rings is 2. The summed E-state index contributed by atoms with van der Waals surface area (Å²) in [6.45, 7) is 2.67. The van der Waals surface area contributed by atoms with Crippen molar-refractivity contribution in [2.75, 3.05) is 18.0 Å². The van der Waals surface area contributed by atoms with Crippen LogP contribution in [0.2, 0.25) is 0 Å². The average Bonchev–Trinajstić information content (AvgIpc) is 3.06. The van der Waals surface area contributed by atoms with Crippen molar-refractivity contribution in [3.8, 4) is 11.1 Å². The number of hydrogen-bond acceptors (Lipinski definition) is 4. The topological polar surface area (TPSA) is 84.7 Å². The molecule has 6 nitrogen and oxygen atoms in total. The van der Waals surface area contributed by atoms with Crippen molar-refractivity contribution in [3.63, 3.8) is 0 Å². The summed E-state index contributed by atoms with van der Waals surface area (Å²) in [5.41, 5.74) is 8.15. The smallest absolute Gasteiger partial charge is 0.414 e. The number of carbonyl (C=O) groups excluding carboxylic acids is 2. The van der Waals surface area contributed by atoms with Gasteiger partial charge in [0, 0.05) is 18.5 Å². The third-order valence-corrected chi connectivity index (χ3v) is 4.49. The molecule has 3 N–H and O–H groups in total. The summed E-state index contributed by atoms with van der Waals surface area (Å²) >= 11 is 0. The molecular formula is C20H22FN3O3. The predicted octanol–water partition coefficient (Wildman–Crippen LogP) is 2.80. The number of anilines is 1. The lowest BCUT2D eigenvalue weighted by atomic mass is 10.0. The third-order valence-electron chi connectivity index (χ3n) is 4.49. The molecule has 27 heavy (non-hydrogen) atoms. The van der Waals surface area contributed by atoms with E-state index in [1.54, 1.807) is 19.1 Å². The Morgan fingerprint density at radius 3 is 2.67 bits per heavy atom. The van der Waals surface area contributed by atoms with E-state index < -0.39 is 18.0 Å². The fourth-order valence-corrected chi connectivity index (χ4v) is 2.92. The lowest BCUT2D eigenvalue weighted by Crippen LogP contribution is -2.34. The van der Waals surface area contributed by atoms with Gasteiger partial charge in [0.1, 0.15) is 11.9 Å². The van der Waals surface area contributed by atoms with Crippen LogP contribution in [0.1, 0.15) is 18.9 Å². The molecule has 1 heterocycles. The number of nitrogens with one attached hydrogen (secondary N) is 1. The normalized spacial score (nSPS) is 16.3. The van der Waals surface area contributed by atoms with Crippen molar-refractivity contribution in [2.45, 2.75) is 26.0 Å². The van der Waals surface area contributed by atoms with E-state index in [0.717, 1.165) is 11.1 Å². The summed E-state index contributed by atoms with van der Waals surface area (Å²) in [6.07, 6.45) is -0.645. The summed E-state index contributed by atoms with van der Waals surface area (Å²) in [7, 11) is 0. The molecule has 3 rings (SSSR count). The summed E-state index contributed by atoms with van der Waals surface area (Å²) < 4.78 is 19.9. The van der Waals surface area contributed by atoms with Crippen molar-refractivity contribution in [3.05, 3.63) is 53.8 Å². The quantitative estimate of drug-likeness (QED) is 0.818. The molecule has 0 spiro atoms. The first-order valence-electron chi connectivity index (χ1n) is 8.85. The van der Waals surface area contributed by atoms with Crippen LogP contribution >= 0.6 is 0 Å². The molecule has 0 saturated carbocycles. The van der Waals surface area contributed by atoms with Crippen molar-refractivity contribution in [1.82, 2.24) is 5.32 Å². The van der Waals surface area contributed by atoms with Gasteiger partial charge in [-0.1, -0.05) is 31.2 Å². The van der Waals surface area contributed by atoms with Crippen LogP contribution in [0.4, 0.5) is 14.9 Å². The van der Waals surface area contributed by atoms with E-state index in [9.17, 15) is 14.0 Å². The SMILES string of the molecule is CCC(=O)NCC1CN(c2ccc(-c3ccc(CN)cc3)c(F)c2)C(=O)O1. The van der Waals surface area contributed by atoms with Crippen LogP contribution in [-0.2, 0) is 16.1 Å². The van der Waals surface area contributed by atoms with E-state index in [1.165, 1.54) is 11.0 Å². The molecule has 142 valence electrons. The second kappa shape index (κ2) is 8.18. The van der Waals surface area contributed by atoms with Crippen LogP contribution in [0.25, 0.3) is 11.1 Å². The Kier molecular flexibility index (Phi) is 5.71. The maximum atomic E-state index is 14.6. The zero-order chi connectivity index (χ0) is 19.4. The minimum absolute atomic E-state index is 0.111. The molecule has 0 aromatic heterocycles. The first kappa shape index (κ1) is 18.8. The van der Waals surface area contributed by atoms with E-state index in [0.29, 0.717) is 24.2 Å². The number of ether oxygens (including phenoxy) is 1. The number of hydrogen-bond donors (Lipinski definition) is 2. The molecule has 7 heteroatoms. The number of nitrogens with two attached hydrogens (primary N) is 1. The van der Waals surface area contributed by atoms with Gasteiger partial charge in [-0.2, -0.15) is 0 Å². The van der Waals surface area contributed by atoms with Gasteiger partial charge in [-0.3, -0.25) is 9.69 Å². The fraction of sp³-hybridized carbons (Fsp3) is 0.300. The van der Waals surface area contributed by atoms with E-state index in [-0.39, 0.29) is 19.0 Å². The zero-order valence-electron chi connectivity index (χ0n) is 15.1. The lowest BCUT2D eigenvalue weighted by Gasteiger charge is -2.14. The van der Waals surface area contributed by atoms with Crippen LogP contribution in [0, 0.1) is 5.82 Å². The Bertz CT molecular complexity index is 839. The summed E-state index contributed by atoms with van der Waals surface area (Å²) in [5, 5.41) is 2.69. The second-order valence-electron chi connectivity index (χ2n) is 6.34. The van der Waals surface area contributed by atoms with Crippen LogP contribution in [0.5, 0.6) is 0 Å². The van der Waals surface area contributed by atoms with Crippen LogP contribution in [0.15, 0.2) is 42.5 Å². The summed E-state index contributed by atoms with van der Waals surface area (Å²) in [6, 6.07) is 12.0. The van der Waals surface area contributed by atoms with Crippen molar-refractivity contribution in [1.29, 1.82) is 0 Å². The Balaban J connectivity index is 1.73. The van der Waals surface area contributed by atoms with Gasteiger partial charge in [0.25, 0.3) is 0 Å². The molecule has 0 radical (unpaired) electrons. The molecule has 1 aliphatic rings. The highest BCUT2D eigenvalue weighted by Gasteiger charge is 2.32. The summed E-state index contributed by atoms with van der Waals surface area (Å²) in [5.74, 6) is -0.538. The van der Waals surface area contributed by atoms with Gasteiger partial charge in [-0.05, 0) is 29.3 Å². The first-order chi connectivity index (χ1) is 13.0. The number of halogens is 1. The first-order valence-corrected chi connectivity index (χ1v) is 8.85. The van der Waals surface area contributed by atoms with Gasteiger partial charge in [0.15, 0.2) is 0 Å². The molecule has 1 saturated heterocycles. The van der Waals surface area contributed by atoms with E-state index >= 15 is 0 Å². The monoisotopic (exact) mass is 371 g/mol. The van der Waals surface area contributed by atoms with Crippen molar-refractivity contribution in [2.24, 2.45) is 5.73 Å². The summed E-state index contributed by atoms with van der Waals surface area (Å²) in [4.78, 5) is 24.8. The van der Waals surface area contributed by atoms with Gasteiger partial charge < -0.3 is 15.8 Å². The van der Waals surface area contributed by atoms with Gasteiger partial charge in [-0.15, -0.1) is 0 Å². The van der Waals surface area contributed by atoms with Gasteiger partial charge in [0.05, 0.1) is 18.8 Å². The average molecular weight is 371 g/mol. The molecule has 2 aromatic rings. The zero-order valence-corrected chi connectivity index (χ0v) is 15.1. The van der Waals surface area contributed by atoms with E-state index in [1.807, 2.05) is 24.3 Å². The Morgan fingerprint density at radius 2 is 2.04 bits per heavy atom. The number of carbonyl (C=O) groups is 2. The van der Waals surface area contributed by atoms with Crippen LogP contribution < -0.4 is 16.0 Å². The molecule has 2 aromatic carbocycles. The highest BCUT2D eigenvalue weighted by Crippen LogP contribution is 2.29. The number of cyclic esters (lactones) is 1. The number of amides is 2. The van der Waals surface area contributed by atoms with E-state index in [2.05, 4.69) is 5.32 Å². The fourth-order valence-electron chi connectivity index (χ4n) is 2.92. The Hall–Kier alpha value is -2.93. The second-order valence-corrected chi connectivity index (χ2v) is 6.34. The van der Waals surface area contributed by atoms with Gasteiger partial charge in [-0.25, -0.2) is 9.18 Å². The van der Waals surface area contributed by atoms with Crippen molar-refractivity contribution >= 4 is 17.7 Å². The largest absolute Gasteiger partial charge is 0.442 e. The van der Waals surface area contributed by atoms with Gasteiger partial charge in [0.2, 0.25) is 5.91 Å². The highest BCUT2D eigenvalue weighted by atomic mass is 19.1. The Labute approximate surface area is 157 Å². The predicted molar refractivity (Wildman–Crippen MR) is 101 cm³/mol. The van der Waals surface area contributed by atoms with Crippen LogP contribution in [-0.4, -0.2) is 31.2 Å². The molecule has 2 amide bonds. The number of rotatable bonds is 6. The highest BCUT2D eigenvalue weighted by molar-refractivity contribution is 5.90. The minimum Gasteiger partial charge on any atom is -0.442 e. The maximum Gasteiger partial charge on any atom is 0.414 e. The maximum absolute atomic E-state index is 14.6. The van der Waals surface area contributed by atoms with Crippen molar-refractivity contribution < 1.29 is 18.7 Å². The molecular weight excluding hydrogens is 349 g/mol.